The van der Waals surface area contributed by atoms with Crippen LogP contribution in [0.4, 0.5) is 0 Å². The second-order valence-corrected chi connectivity index (χ2v) is 15.1. The zero-order valence-corrected chi connectivity index (χ0v) is 23.4. The van der Waals surface area contributed by atoms with E-state index in [-0.39, 0.29) is 0 Å². The van der Waals surface area contributed by atoms with Gasteiger partial charge in [0.2, 0.25) is 0 Å². The first-order chi connectivity index (χ1) is 15.4. The van der Waals surface area contributed by atoms with Crippen LogP contribution in [-0.4, -0.2) is 13.2 Å². The molecule has 0 unspecified atom stereocenters. The second kappa shape index (κ2) is 7.60. The molecule has 5 saturated carbocycles. The number of methoxy groups -OCH3 is 1. The second-order valence-electron chi connectivity index (χ2n) is 15.1. The molecule has 1 nitrogen and oxygen atoms in total. The van der Waals surface area contributed by atoms with Gasteiger partial charge < -0.3 is 4.74 Å². The SMILES string of the molecule is C=C(CC[C@@H](C)[C@H]1CC[C@@]2(C)[C@@H]3CC[C@H]4C(C)(C)[C@@H](OC)CC[C@@]45C[C@@]35CC[C@]12C)C(C)C. The molecule has 188 valence electrons. The van der Waals surface area contributed by atoms with Crippen LogP contribution in [0.2, 0.25) is 0 Å². The first-order valence-corrected chi connectivity index (χ1v) is 14.6. The van der Waals surface area contributed by atoms with Crippen molar-refractivity contribution in [2.45, 2.75) is 125 Å². The van der Waals surface area contributed by atoms with Gasteiger partial charge in [-0.15, -0.1) is 0 Å². The van der Waals surface area contributed by atoms with E-state index in [4.69, 9.17) is 4.74 Å². The quantitative estimate of drug-likeness (QED) is 0.364. The highest BCUT2D eigenvalue weighted by atomic mass is 16.5. The average Bonchev–Trinajstić information content (AvgIpc) is 3.33. The van der Waals surface area contributed by atoms with Crippen molar-refractivity contribution in [2.24, 2.45) is 56.7 Å². The molecule has 0 radical (unpaired) electrons. The molecule has 5 fully saturated rings. The lowest BCUT2D eigenvalue weighted by atomic mass is 9.41. The van der Waals surface area contributed by atoms with Gasteiger partial charge in [-0.25, -0.2) is 0 Å². The molecule has 5 aliphatic rings. The Morgan fingerprint density at radius 2 is 1.52 bits per heavy atom. The maximum atomic E-state index is 6.05. The van der Waals surface area contributed by atoms with Gasteiger partial charge in [0.25, 0.3) is 0 Å². The Morgan fingerprint density at radius 3 is 2.18 bits per heavy atom. The maximum Gasteiger partial charge on any atom is 0.0625 e. The highest BCUT2D eigenvalue weighted by Crippen LogP contribution is 2.89. The predicted molar refractivity (Wildman–Crippen MR) is 140 cm³/mol. The van der Waals surface area contributed by atoms with Crippen molar-refractivity contribution in [1.82, 2.24) is 0 Å². The Morgan fingerprint density at radius 1 is 0.848 bits per heavy atom. The predicted octanol–water partition coefficient (Wildman–Crippen LogP) is 9.07. The van der Waals surface area contributed by atoms with Gasteiger partial charge in [0.15, 0.2) is 0 Å². The normalized spacial score (nSPS) is 50.7. The Bertz CT molecular complexity index is 794. The zero-order chi connectivity index (χ0) is 24.0. The number of rotatable bonds is 6. The minimum absolute atomic E-state index is 0.342. The number of allylic oxidation sites excluding steroid dienone is 1. The van der Waals surface area contributed by atoms with E-state index in [0.29, 0.717) is 39.1 Å². The van der Waals surface area contributed by atoms with Crippen LogP contribution < -0.4 is 0 Å². The van der Waals surface area contributed by atoms with E-state index < -0.39 is 0 Å². The lowest BCUT2D eigenvalue weighted by Crippen LogP contribution is -2.57. The van der Waals surface area contributed by atoms with Crippen LogP contribution in [-0.2, 0) is 4.74 Å². The third kappa shape index (κ3) is 2.99. The van der Waals surface area contributed by atoms with E-state index in [1.807, 2.05) is 7.11 Å². The minimum Gasteiger partial charge on any atom is -0.381 e. The van der Waals surface area contributed by atoms with Crippen molar-refractivity contribution in [3.63, 3.8) is 0 Å². The van der Waals surface area contributed by atoms with E-state index in [1.165, 1.54) is 69.8 Å². The molecule has 0 aromatic carbocycles. The largest absolute Gasteiger partial charge is 0.381 e. The zero-order valence-electron chi connectivity index (χ0n) is 23.4. The number of hydrogen-bond acceptors (Lipinski definition) is 1. The topological polar surface area (TPSA) is 9.23 Å². The molecule has 0 amide bonds. The van der Waals surface area contributed by atoms with E-state index in [2.05, 4.69) is 55.0 Å². The van der Waals surface area contributed by atoms with Gasteiger partial charge in [0.05, 0.1) is 6.10 Å². The third-order valence-corrected chi connectivity index (χ3v) is 13.8. The highest BCUT2D eigenvalue weighted by Gasteiger charge is 2.82. The smallest absolute Gasteiger partial charge is 0.0625 e. The standard InChI is InChI=1S/C32H54O/c1-21(2)22(3)10-11-23(4)24-14-16-30(8)26-13-12-25-28(5,6)27(33-9)15-17-31(25)20-32(26,31)19-18-29(24,30)7/h21,23-27H,3,10-20H2,1-2,4-9H3/t23-,24-,25+,26+,27+,29-,30+,31-,32+/m1/s1. The van der Waals surface area contributed by atoms with Gasteiger partial charge in [-0.05, 0) is 127 Å². The number of fused-ring (bicyclic) bond motifs is 2. The van der Waals surface area contributed by atoms with E-state index in [9.17, 15) is 0 Å². The molecule has 33 heavy (non-hydrogen) atoms. The fourth-order valence-electron chi connectivity index (χ4n) is 11.6. The Kier molecular flexibility index (Phi) is 5.62. The van der Waals surface area contributed by atoms with Crippen LogP contribution in [0.3, 0.4) is 0 Å². The Labute approximate surface area is 205 Å². The fraction of sp³-hybridized carbons (Fsp3) is 0.938. The average molecular weight is 455 g/mol. The summed E-state index contributed by atoms with van der Waals surface area (Å²) in [7, 11) is 1.96. The van der Waals surface area contributed by atoms with E-state index in [0.717, 1.165) is 23.7 Å². The van der Waals surface area contributed by atoms with Gasteiger partial charge >= 0.3 is 0 Å². The first-order valence-electron chi connectivity index (χ1n) is 14.6. The summed E-state index contributed by atoms with van der Waals surface area (Å²) >= 11 is 0. The van der Waals surface area contributed by atoms with Gasteiger partial charge in [0, 0.05) is 7.11 Å². The lowest BCUT2D eigenvalue weighted by Gasteiger charge is -2.63. The monoisotopic (exact) mass is 454 g/mol. The molecule has 0 aliphatic heterocycles. The van der Waals surface area contributed by atoms with Gasteiger partial charge in [-0.2, -0.15) is 0 Å². The van der Waals surface area contributed by atoms with Crippen molar-refractivity contribution in [3.8, 4) is 0 Å². The summed E-state index contributed by atoms with van der Waals surface area (Å²) in [4.78, 5) is 0. The van der Waals surface area contributed by atoms with Crippen molar-refractivity contribution < 1.29 is 4.74 Å². The summed E-state index contributed by atoms with van der Waals surface area (Å²) in [6.45, 7) is 22.2. The molecule has 0 aromatic heterocycles. The van der Waals surface area contributed by atoms with Gasteiger partial charge in [0.1, 0.15) is 0 Å². The molecule has 0 saturated heterocycles. The third-order valence-electron chi connectivity index (χ3n) is 13.8. The summed E-state index contributed by atoms with van der Waals surface area (Å²) in [5, 5.41) is 0. The number of ether oxygens (including phenoxy) is 1. The van der Waals surface area contributed by atoms with E-state index in [1.54, 1.807) is 6.42 Å². The van der Waals surface area contributed by atoms with Crippen LogP contribution in [0.15, 0.2) is 12.2 Å². The van der Waals surface area contributed by atoms with Crippen LogP contribution in [0.25, 0.3) is 0 Å². The molecule has 0 N–H and O–H groups in total. The van der Waals surface area contributed by atoms with Crippen molar-refractivity contribution in [3.05, 3.63) is 12.2 Å². The highest BCUT2D eigenvalue weighted by molar-refractivity contribution is 5.30. The maximum absolute atomic E-state index is 6.05. The molecule has 0 aromatic rings. The molecular formula is C32H54O. The first kappa shape index (κ1) is 24.4. The van der Waals surface area contributed by atoms with E-state index >= 15 is 0 Å². The van der Waals surface area contributed by atoms with Gasteiger partial charge in [-0.3, -0.25) is 0 Å². The van der Waals surface area contributed by atoms with Crippen molar-refractivity contribution in [2.75, 3.05) is 7.11 Å². The van der Waals surface area contributed by atoms with Crippen LogP contribution in [0.5, 0.6) is 0 Å². The number of hydrogen-bond donors (Lipinski definition) is 0. The summed E-state index contributed by atoms with van der Waals surface area (Å²) in [5.74, 6) is 4.23. The summed E-state index contributed by atoms with van der Waals surface area (Å²) in [5.41, 5.74) is 4.21. The van der Waals surface area contributed by atoms with Gasteiger partial charge in [-0.1, -0.05) is 60.6 Å². The van der Waals surface area contributed by atoms with Crippen LogP contribution >= 0.6 is 0 Å². The molecule has 5 rings (SSSR count). The van der Waals surface area contributed by atoms with Crippen LogP contribution in [0.1, 0.15) is 119 Å². The van der Waals surface area contributed by atoms with Crippen molar-refractivity contribution >= 4 is 0 Å². The summed E-state index contributed by atoms with van der Waals surface area (Å²) in [6.07, 6.45) is 16.3. The molecule has 0 bridgehead atoms. The molecule has 2 spiro atoms. The van der Waals surface area contributed by atoms with Crippen molar-refractivity contribution in [1.29, 1.82) is 0 Å². The molecular weight excluding hydrogens is 400 g/mol. The summed E-state index contributed by atoms with van der Waals surface area (Å²) < 4.78 is 6.05. The van der Waals surface area contributed by atoms with Crippen LogP contribution in [0, 0.1) is 56.7 Å². The Hall–Kier alpha value is -0.300. The summed E-state index contributed by atoms with van der Waals surface area (Å²) in [6, 6.07) is 0. The molecule has 1 heteroatoms. The Balaban J connectivity index is 1.38. The fourth-order valence-corrected chi connectivity index (χ4v) is 11.6. The lowest BCUT2D eigenvalue weighted by molar-refractivity contribution is -0.166. The molecule has 0 heterocycles. The molecule has 5 aliphatic carbocycles. The minimum atomic E-state index is 0.342. The molecule has 9 atom stereocenters.